The second-order valence-electron chi connectivity index (χ2n) is 8.17. The number of anilines is 1. The molecule has 1 aliphatic rings. The van der Waals surface area contributed by atoms with Gasteiger partial charge >= 0.3 is 0 Å². The number of nitrogens with zero attached hydrogens (tertiary/aromatic N) is 2. The van der Waals surface area contributed by atoms with Gasteiger partial charge in [-0.05, 0) is 56.5 Å². The lowest BCUT2D eigenvalue weighted by molar-refractivity contribution is -0.120. The zero-order valence-corrected chi connectivity index (χ0v) is 18.6. The van der Waals surface area contributed by atoms with E-state index in [2.05, 4.69) is 15.2 Å². The van der Waals surface area contributed by atoms with E-state index in [9.17, 15) is 13.2 Å². The summed E-state index contributed by atoms with van der Waals surface area (Å²) in [6.07, 6.45) is 2.18. The zero-order chi connectivity index (χ0) is 22.0. The van der Waals surface area contributed by atoms with E-state index in [1.165, 1.54) is 0 Å². The normalized spacial score (nSPS) is 16.9. The third-order valence-electron chi connectivity index (χ3n) is 5.68. The van der Waals surface area contributed by atoms with Gasteiger partial charge in [0.05, 0.1) is 22.6 Å². The van der Waals surface area contributed by atoms with Crippen molar-refractivity contribution in [1.82, 2.24) is 10.3 Å². The number of rotatable bonds is 7. The van der Waals surface area contributed by atoms with Crippen LogP contribution in [0.2, 0.25) is 0 Å². The second-order valence-corrected chi connectivity index (χ2v) is 10.7. The molecule has 1 atom stereocenters. The number of hydrogen-bond acceptors (Lipinski definition) is 6. The maximum Gasteiger partial charge on any atom is 0.298 e. The Bertz CT molecular complexity index is 1140. The van der Waals surface area contributed by atoms with Crippen molar-refractivity contribution in [2.75, 3.05) is 18.0 Å². The number of para-hydroxylation sites is 2. The van der Waals surface area contributed by atoms with E-state index in [0.717, 1.165) is 36.0 Å². The lowest BCUT2D eigenvalue weighted by Gasteiger charge is -2.23. The van der Waals surface area contributed by atoms with Crippen molar-refractivity contribution in [1.29, 1.82) is 0 Å². The van der Waals surface area contributed by atoms with E-state index in [0.29, 0.717) is 12.6 Å². The number of hydrogen-bond donors (Lipinski definition) is 1. The van der Waals surface area contributed by atoms with Gasteiger partial charge in [0.1, 0.15) is 5.52 Å². The summed E-state index contributed by atoms with van der Waals surface area (Å²) < 4.78 is 30.3. The molecule has 0 saturated carbocycles. The Morgan fingerprint density at radius 2 is 1.94 bits per heavy atom. The molecule has 2 aromatic carbocycles. The molecule has 0 spiro atoms. The van der Waals surface area contributed by atoms with Gasteiger partial charge < -0.3 is 14.6 Å². The lowest BCUT2D eigenvalue weighted by Crippen LogP contribution is -2.40. The molecule has 164 valence electrons. The number of amides is 1. The van der Waals surface area contributed by atoms with Crippen LogP contribution in [0.3, 0.4) is 0 Å². The first-order chi connectivity index (χ1) is 14.8. The summed E-state index contributed by atoms with van der Waals surface area (Å²) in [6, 6.07) is 15.0. The number of fused-ring (bicyclic) bond motifs is 1. The van der Waals surface area contributed by atoms with Crippen molar-refractivity contribution < 1.29 is 17.6 Å². The molecule has 1 fully saturated rings. The standard InChI is InChI=1S/C23H27N3O4S/c1-16(2)31(28,29)19-11-9-17(10-12-19)14-22(27)24-15-18-6-5-13-26(18)23-25-20-7-3-4-8-21(20)30-23/h3-4,7-12,16,18H,5-6,13-15H2,1-2H3,(H,24,27). The predicted octanol–water partition coefficient (Wildman–Crippen LogP) is 3.34. The summed E-state index contributed by atoms with van der Waals surface area (Å²) in [5.41, 5.74) is 2.37. The van der Waals surface area contributed by atoms with Gasteiger partial charge in [-0.3, -0.25) is 4.79 Å². The van der Waals surface area contributed by atoms with Gasteiger partial charge in [0.2, 0.25) is 5.91 Å². The van der Waals surface area contributed by atoms with Crippen LogP contribution in [0.4, 0.5) is 6.01 Å². The minimum atomic E-state index is -3.31. The van der Waals surface area contributed by atoms with Crippen LogP contribution in [0.5, 0.6) is 0 Å². The van der Waals surface area contributed by atoms with Crippen LogP contribution >= 0.6 is 0 Å². The molecule has 8 heteroatoms. The fraction of sp³-hybridized carbons (Fsp3) is 0.391. The van der Waals surface area contributed by atoms with Crippen LogP contribution in [0.1, 0.15) is 32.3 Å². The van der Waals surface area contributed by atoms with Crippen LogP contribution in [0.15, 0.2) is 57.8 Å². The Balaban J connectivity index is 1.35. The number of nitrogens with one attached hydrogen (secondary N) is 1. The highest BCUT2D eigenvalue weighted by Crippen LogP contribution is 2.28. The highest BCUT2D eigenvalue weighted by molar-refractivity contribution is 7.92. The van der Waals surface area contributed by atoms with E-state index in [-0.39, 0.29) is 23.3 Å². The molecule has 31 heavy (non-hydrogen) atoms. The maximum atomic E-state index is 12.5. The van der Waals surface area contributed by atoms with Gasteiger partial charge in [-0.15, -0.1) is 0 Å². The molecular weight excluding hydrogens is 414 g/mol. The highest BCUT2D eigenvalue weighted by Gasteiger charge is 2.28. The first-order valence-electron chi connectivity index (χ1n) is 10.6. The Kier molecular flexibility index (Phi) is 6.00. The van der Waals surface area contributed by atoms with Gasteiger partial charge in [0.15, 0.2) is 15.4 Å². The first-order valence-corrected chi connectivity index (χ1v) is 12.1. The summed E-state index contributed by atoms with van der Waals surface area (Å²) in [4.78, 5) is 19.4. The van der Waals surface area contributed by atoms with Gasteiger partial charge in [-0.25, -0.2) is 8.42 Å². The number of benzene rings is 2. The third kappa shape index (κ3) is 4.58. The summed E-state index contributed by atoms with van der Waals surface area (Å²) in [7, 11) is -3.31. The Labute approximate surface area is 182 Å². The van der Waals surface area contributed by atoms with Gasteiger partial charge in [-0.2, -0.15) is 4.98 Å². The van der Waals surface area contributed by atoms with E-state index in [4.69, 9.17) is 4.42 Å². The van der Waals surface area contributed by atoms with Crippen LogP contribution in [-0.2, 0) is 21.1 Å². The molecule has 0 radical (unpaired) electrons. The number of carbonyl (C=O) groups excluding carboxylic acids is 1. The van der Waals surface area contributed by atoms with Crippen LogP contribution in [0, 0.1) is 0 Å². The van der Waals surface area contributed by atoms with Crippen molar-refractivity contribution in [3.63, 3.8) is 0 Å². The van der Waals surface area contributed by atoms with Crippen LogP contribution in [0.25, 0.3) is 11.1 Å². The number of sulfone groups is 1. The van der Waals surface area contributed by atoms with Crippen LogP contribution < -0.4 is 10.2 Å². The Hall–Kier alpha value is -2.87. The van der Waals surface area contributed by atoms with Crippen molar-refractivity contribution in [3.8, 4) is 0 Å². The van der Waals surface area contributed by atoms with Gasteiger partial charge in [0.25, 0.3) is 6.01 Å². The molecule has 1 amide bonds. The van der Waals surface area contributed by atoms with Crippen molar-refractivity contribution in [2.45, 2.75) is 49.3 Å². The SMILES string of the molecule is CC(C)S(=O)(=O)c1ccc(CC(=O)NCC2CCCN2c2nc3ccccc3o2)cc1. The summed E-state index contributed by atoms with van der Waals surface area (Å²) in [5.74, 6) is -0.0936. The molecule has 2 heterocycles. The molecule has 7 nitrogen and oxygen atoms in total. The number of carbonyl (C=O) groups is 1. The molecule has 1 saturated heterocycles. The highest BCUT2D eigenvalue weighted by atomic mass is 32.2. The van der Waals surface area contributed by atoms with Crippen molar-refractivity contribution >= 4 is 32.9 Å². The topological polar surface area (TPSA) is 92.5 Å². The molecule has 0 aliphatic carbocycles. The molecule has 1 unspecified atom stereocenters. The molecule has 4 rings (SSSR count). The largest absolute Gasteiger partial charge is 0.423 e. The van der Waals surface area contributed by atoms with Crippen LogP contribution in [-0.4, -0.2) is 43.7 Å². The molecule has 0 bridgehead atoms. The smallest absolute Gasteiger partial charge is 0.298 e. The third-order valence-corrected chi connectivity index (χ3v) is 7.85. The maximum absolute atomic E-state index is 12.5. The summed E-state index contributed by atoms with van der Waals surface area (Å²) in [6.45, 7) is 4.67. The lowest BCUT2D eigenvalue weighted by atomic mass is 10.1. The monoisotopic (exact) mass is 441 g/mol. The second kappa shape index (κ2) is 8.70. The number of aromatic nitrogens is 1. The number of oxazole rings is 1. The quantitative estimate of drug-likeness (QED) is 0.605. The molecular formula is C23H27N3O4S. The van der Waals surface area contributed by atoms with E-state index in [1.807, 2.05) is 24.3 Å². The van der Waals surface area contributed by atoms with E-state index in [1.54, 1.807) is 38.1 Å². The molecule has 1 aromatic heterocycles. The molecule has 3 aromatic rings. The van der Waals surface area contributed by atoms with Crippen molar-refractivity contribution in [3.05, 3.63) is 54.1 Å². The summed E-state index contributed by atoms with van der Waals surface area (Å²) >= 11 is 0. The van der Waals surface area contributed by atoms with Gasteiger partial charge in [-0.1, -0.05) is 24.3 Å². The predicted molar refractivity (Wildman–Crippen MR) is 120 cm³/mol. The van der Waals surface area contributed by atoms with Gasteiger partial charge in [0, 0.05) is 13.1 Å². The van der Waals surface area contributed by atoms with E-state index < -0.39 is 15.1 Å². The minimum Gasteiger partial charge on any atom is -0.423 e. The Morgan fingerprint density at radius 1 is 1.19 bits per heavy atom. The molecule has 1 N–H and O–H groups in total. The first kappa shape index (κ1) is 21.4. The fourth-order valence-electron chi connectivity index (χ4n) is 3.83. The average Bonchev–Trinajstić information content (AvgIpc) is 3.39. The van der Waals surface area contributed by atoms with E-state index >= 15 is 0 Å². The van der Waals surface area contributed by atoms with Crippen molar-refractivity contribution in [2.24, 2.45) is 0 Å². The zero-order valence-electron chi connectivity index (χ0n) is 17.7. The average molecular weight is 442 g/mol. The minimum absolute atomic E-state index is 0.0936. The Morgan fingerprint density at radius 3 is 2.65 bits per heavy atom. The fourth-order valence-corrected chi connectivity index (χ4v) is 4.89. The summed E-state index contributed by atoms with van der Waals surface area (Å²) in [5, 5.41) is 2.53. The molecule has 1 aliphatic heterocycles.